The van der Waals surface area contributed by atoms with E-state index in [1.807, 2.05) is 72.8 Å². The van der Waals surface area contributed by atoms with Gasteiger partial charge in [-0.05, 0) is 104 Å². The van der Waals surface area contributed by atoms with Crippen molar-refractivity contribution in [1.82, 2.24) is 9.97 Å². The predicted molar refractivity (Wildman–Crippen MR) is 170 cm³/mol. The summed E-state index contributed by atoms with van der Waals surface area (Å²) in [5, 5.41) is 4.46. The Labute approximate surface area is 251 Å². The van der Waals surface area contributed by atoms with Crippen molar-refractivity contribution in [3.05, 3.63) is 113 Å². The van der Waals surface area contributed by atoms with Crippen LogP contribution in [0, 0.1) is 6.92 Å². The molecule has 3 aromatic heterocycles. The molecule has 0 radical (unpaired) electrons. The van der Waals surface area contributed by atoms with Crippen LogP contribution >= 0.6 is 11.3 Å². The van der Waals surface area contributed by atoms with Gasteiger partial charge in [0.15, 0.2) is 6.61 Å². The first-order valence-corrected chi connectivity index (χ1v) is 14.9. The summed E-state index contributed by atoms with van der Waals surface area (Å²) in [6.07, 6.45) is 6.00. The largest absolute Gasteiger partial charge is 0.465 e. The van der Waals surface area contributed by atoms with E-state index in [2.05, 4.69) is 24.4 Å². The van der Waals surface area contributed by atoms with Gasteiger partial charge in [-0.1, -0.05) is 24.3 Å². The van der Waals surface area contributed by atoms with Crippen molar-refractivity contribution in [2.75, 3.05) is 11.9 Å². The number of nitrogens with one attached hydrogen (secondary N) is 1. The number of nitrogens with zero attached hydrogens (tertiary/aromatic N) is 2. The van der Waals surface area contributed by atoms with E-state index in [4.69, 9.17) is 19.1 Å². The molecule has 43 heavy (non-hydrogen) atoms. The summed E-state index contributed by atoms with van der Waals surface area (Å²) in [6, 6.07) is 25.0. The van der Waals surface area contributed by atoms with Gasteiger partial charge in [0.2, 0.25) is 0 Å². The molecule has 0 bridgehead atoms. The number of pyridine rings is 1. The third-order valence-electron chi connectivity index (χ3n) is 7.53. The molecule has 0 unspecified atom stereocenters. The number of ether oxygens (including phenoxy) is 1. The van der Waals surface area contributed by atoms with E-state index in [0.29, 0.717) is 28.6 Å². The van der Waals surface area contributed by atoms with Crippen LogP contribution in [0.4, 0.5) is 5.69 Å². The standard InChI is InChI=1S/C35H27N3O4S/c1-21-11-16-29-30(18-21)43-34(38-29)22-12-14-24(15-13-22)36-31(39)20-42-35(40)32-26-8-2-3-10-28(26)37-33-23(6-4-9-27(32)33)19-25-7-5-17-41-25/h2-3,5,7-8,10-19H,4,6,9,20H2,1H3,(H,36,39)/b23-19+. The molecule has 1 aliphatic rings. The van der Waals surface area contributed by atoms with Crippen LogP contribution in [-0.4, -0.2) is 28.5 Å². The Hall–Kier alpha value is -5.08. The lowest BCUT2D eigenvalue weighted by Crippen LogP contribution is -2.22. The molecule has 0 fully saturated rings. The first kappa shape index (κ1) is 26.8. The number of carbonyl (C=O) groups excluding carboxylic acids is 2. The molecule has 7 nitrogen and oxygen atoms in total. The number of para-hydroxylation sites is 1. The van der Waals surface area contributed by atoms with Crippen molar-refractivity contribution in [3.63, 3.8) is 0 Å². The first-order valence-electron chi connectivity index (χ1n) is 14.1. The number of furan rings is 1. The van der Waals surface area contributed by atoms with Gasteiger partial charge < -0.3 is 14.5 Å². The van der Waals surface area contributed by atoms with Crippen LogP contribution in [0.15, 0.2) is 89.5 Å². The lowest BCUT2D eigenvalue weighted by molar-refractivity contribution is -0.119. The van der Waals surface area contributed by atoms with E-state index in [9.17, 15) is 9.59 Å². The summed E-state index contributed by atoms with van der Waals surface area (Å²) in [7, 11) is 0. The number of rotatable bonds is 6. The van der Waals surface area contributed by atoms with E-state index in [1.165, 1.54) is 5.56 Å². The molecule has 0 aliphatic heterocycles. The number of hydrogen-bond acceptors (Lipinski definition) is 7. The molecule has 1 aliphatic carbocycles. The van der Waals surface area contributed by atoms with E-state index in [1.54, 1.807) is 17.6 Å². The average Bonchev–Trinajstić information content (AvgIpc) is 3.69. The number of benzene rings is 3. The molecule has 0 spiro atoms. The molecule has 212 valence electrons. The zero-order chi connectivity index (χ0) is 29.3. The molecular weight excluding hydrogens is 558 g/mol. The highest BCUT2D eigenvalue weighted by atomic mass is 32.1. The maximum absolute atomic E-state index is 13.5. The molecule has 1 amide bonds. The van der Waals surface area contributed by atoms with E-state index in [0.717, 1.165) is 56.2 Å². The van der Waals surface area contributed by atoms with Crippen molar-refractivity contribution in [3.8, 4) is 10.6 Å². The summed E-state index contributed by atoms with van der Waals surface area (Å²) in [5.74, 6) is -0.213. The molecule has 3 aromatic carbocycles. The maximum atomic E-state index is 13.5. The van der Waals surface area contributed by atoms with Crippen LogP contribution in [0.3, 0.4) is 0 Å². The minimum atomic E-state index is -0.536. The fourth-order valence-corrected chi connectivity index (χ4v) is 6.57. The van der Waals surface area contributed by atoms with Crippen molar-refractivity contribution < 1.29 is 18.7 Å². The summed E-state index contributed by atoms with van der Waals surface area (Å²) in [4.78, 5) is 36.0. The topological polar surface area (TPSA) is 94.3 Å². The Morgan fingerprint density at radius 3 is 2.67 bits per heavy atom. The van der Waals surface area contributed by atoms with E-state index >= 15 is 0 Å². The van der Waals surface area contributed by atoms with Crippen LogP contribution in [0.5, 0.6) is 0 Å². The number of carbonyl (C=O) groups is 2. The second kappa shape index (κ2) is 11.3. The monoisotopic (exact) mass is 585 g/mol. The summed E-state index contributed by atoms with van der Waals surface area (Å²) in [6.45, 7) is 1.66. The lowest BCUT2D eigenvalue weighted by atomic mass is 9.86. The number of aromatic nitrogens is 2. The number of amides is 1. The van der Waals surface area contributed by atoms with Crippen LogP contribution in [0.2, 0.25) is 0 Å². The molecule has 8 heteroatoms. The van der Waals surface area contributed by atoms with Crippen molar-refractivity contribution in [2.45, 2.75) is 26.2 Å². The predicted octanol–water partition coefficient (Wildman–Crippen LogP) is 8.09. The van der Waals surface area contributed by atoms with Crippen LogP contribution < -0.4 is 5.32 Å². The molecule has 7 rings (SSSR count). The molecule has 0 atom stereocenters. The molecular formula is C35H27N3O4S. The van der Waals surface area contributed by atoms with Crippen molar-refractivity contribution in [1.29, 1.82) is 0 Å². The van der Waals surface area contributed by atoms with Gasteiger partial charge in [0.1, 0.15) is 10.8 Å². The summed E-state index contributed by atoms with van der Waals surface area (Å²) >= 11 is 1.64. The Bertz CT molecular complexity index is 2020. The minimum Gasteiger partial charge on any atom is -0.465 e. The Morgan fingerprint density at radius 1 is 0.977 bits per heavy atom. The maximum Gasteiger partial charge on any atom is 0.339 e. The molecule has 3 heterocycles. The van der Waals surface area contributed by atoms with Gasteiger partial charge in [-0.25, -0.2) is 14.8 Å². The van der Waals surface area contributed by atoms with Gasteiger partial charge in [0, 0.05) is 16.6 Å². The lowest BCUT2D eigenvalue weighted by Gasteiger charge is -2.22. The van der Waals surface area contributed by atoms with Gasteiger partial charge in [0.05, 0.1) is 33.3 Å². The van der Waals surface area contributed by atoms with Crippen LogP contribution in [0.1, 0.15) is 45.8 Å². The molecule has 6 aromatic rings. The summed E-state index contributed by atoms with van der Waals surface area (Å²) < 4.78 is 12.3. The number of allylic oxidation sites excluding steroid dienone is 1. The number of esters is 1. The Morgan fingerprint density at radius 2 is 1.84 bits per heavy atom. The second-order valence-corrected chi connectivity index (χ2v) is 11.6. The van der Waals surface area contributed by atoms with Crippen LogP contribution in [0.25, 0.3) is 43.3 Å². The smallest absolute Gasteiger partial charge is 0.339 e. The average molecular weight is 586 g/mol. The number of hydrogen-bond donors (Lipinski definition) is 1. The van der Waals surface area contributed by atoms with Gasteiger partial charge in [-0.2, -0.15) is 0 Å². The molecule has 0 saturated carbocycles. The van der Waals surface area contributed by atoms with E-state index < -0.39 is 18.5 Å². The number of aryl methyl sites for hydroxylation is 1. The van der Waals surface area contributed by atoms with Crippen molar-refractivity contribution >= 4 is 61.7 Å². The number of thiazole rings is 1. The zero-order valence-corrected chi connectivity index (χ0v) is 24.2. The number of anilines is 1. The summed E-state index contributed by atoms with van der Waals surface area (Å²) in [5.41, 5.74) is 7.55. The van der Waals surface area contributed by atoms with Crippen molar-refractivity contribution in [2.24, 2.45) is 0 Å². The fraction of sp³-hybridized carbons (Fsp3) is 0.143. The third-order valence-corrected chi connectivity index (χ3v) is 8.60. The highest BCUT2D eigenvalue weighted by Crippen LogP contribution is 2.36. The molecule has 1 N–H and O–H groups in total. The first-order chi connectivity index (χ1) is 21.0. The Balaban J connectivity index is 1.08. The van der Waals surface area contributed by atoms with Gasteiger partial charge in [-0.3, -0.25) is 4.79 Å². The fourth-order valence-electron chi connectivity index (χ4n) is 5.51. The number of fused-ring (bicyclic) bond motifs is 3. The minimum absolute atomic E-state index is 0.404. The van der Waals surface area contributed by atoms with Gasteiger partial charge in [-0.15, -0.1) is 11.3 Å². The highest BCUT2D eigenvalue weighted by Gasteiger charge is 2.26. The van der Waals surface area contributed by atoms with Crippen LogP contribution in [-0.2, 0) is 16.0 Å². The second-order valence-electron chi connectivity index (χ2n) is 10.6. The molecule has 0 saturated heterocycles. The normalized spacial score (nSPS) is 13.7. The zero-order valence-electron chi connectivity index (χ0n) is 23.4. The Kier molecular flexibility index (Phi) is 7.04. The van der Waals surface area contributed by atoms with Gasteiger partial charge >= 0.3 is 5.97 Å². The third kappa shape index (κ3) is 5.45. The SMILES string of the molecule is Cc1ccc2nc(-c3ccc(NC(=O)COC(=O)c4c5c(nc6ccccc46)/C(=C/c4ccco4)CCC5)cc3)sc2c1. The quantitative estimate of drug-likeness (QED) is 0.199. The highest BCUT2D eigenvalue weighted by molar-refractivity contribution is 7.21. The van der Waals surface area contributed by atoms with E-state index in [-0.39, 0.29) is 0 Å². The van der Waals surface area contributed by atoms with Gasteiger partial charge in [0.25, 0.3) is 5.91 Å².